The Morgan fingerprint density at radius 3 is 2.09 bits per heavy atom. The second-order valence-corrected chi connectivity index (χ2v) is 8.79. The van der Waals surface area contributed by atoms with E-state index in [-0.39, 0.29) is 22.7 Å². The number of rotatable bonds is 8. The van der Waals surface area contributed by atoms with Crippen LogP contribution < -0.4 is 19.5 Å². The minimum Gasteiger partial charge on any atom is -0.497 e. The van der Waals surface area contributed by atoms with Crippen molar-refractivity contribution >= 4 is 21.6 Å². The van der Waals surface area contributed by atoms with Gasteiger partial charge in [-0.2, -0.15) is 13.2 Å². The van der Waals surface area contributed by atoms with Crippen LogP contribution in [0.3, 0.4) is 0 Å². The minimum atomic E-state index is -4.60. The number of methoxy groups -OCH3 is 2. The lowest BCUT2D eigenvalue weighted by molar-refractivity contribution is -0.137. The average molecular weight is 494 g/mol. The number of sulfonamides is 1. The molecule has 1 amide bonds. The van der Waals surface area contributed by atoms with Gasteiger partial charge in [0.1, 0.15) is 11.5 Å². The van der Waals surface area contributed by atoms with Crippen molar-refractivity contribution < 1.29 is 35.9 Å². The van der Waals surface area contributed by atoms with Crippen molar-refractivity contribution in [3.05, 3.63) is 83.4 Å². The van der Waals surface area contributed by atoms with Crippen molar-refractivity contribution in [2.45, 2.75) is 17.6 Å². The molecule has 0 unspecified atom stereocenters. The third-order valence-electron chi connectivity index (χ3n) is 4.73. The molecule has 0 atom stereocenters. The molecular weight excluding hydrogens is 473 g/mol. The first-order valence-electron chi connectivity index (χ1n) is 9.82. The van der Waals surface area contributed by atoms with Gasteiger partial charge < -0.3 is 14.8 Å². The largest absolute Gasteiger partial charge is 0.497 e. The molecule has 0 radical (unpaired) electrons. The van der Waals surface area contributed by atoms with Crippen LogP contribution in [0.25, 0.3) is 0 Å². The smallest absolute Gasteiger partial charge is 0.416 e. The highest BCUT2D eigenvalue weighted by molar-refractivity contribution is 7.92. The van der Waals surface area contributed by atoms with Crippen LogP contribution in [0, 0.1) is 0 Å². The maximum Gasteiger partial charge on any atom is 0.416 e. The fraction of sp³-hybridized carbons (Fsp3) is 0.174. The molecule has 0 heterocycles. The Balaban J connectivity index is 1.69. The number of nitrogens with one attached hydrogen (secondary N) is 2. The molecule has 11 heteroatoms. The number of anilines is 1. The lowest BCUT2D eigenvalue weighted by atomic mass is 10.1. The van der Waals surface area contributed by atoms with E-state index >= 15 is 0 Å². The molecule has 0 aromatic heterocycles. The molecule has 0 saturated carbocycles. The third kappa shape index (κ3) is 6.19. The minimum absolute atomic E-state index is 0.170. The van der Waals surface area contributed by atoms with E-state index in [0.717, 1.165) is 17.7 Å². The van der Waals surface area contributed by atoms with Crippen molar-refractivity contribution in [1.82, 2.24) is 5.32 Å². The van der Waals surface area contributed by atoms with Gasteiger partial charge in [0.15, 0.2) is 0 Å². The number of hydrogen-bond donors (Lipinski definition) is 2. The van der Waals surface area contributed by atoms with Crippen LogP contribution in [0.5, 0.6) is 11.5 Å². The molecule has 34 heavy (non-hydrogen) atoms. The number of alkyl halides is 3. The van der Waals surface area contributed by atoms with Gasteiger partial charge in [-0.25, -0.2) is 8.42 Å². The van der Waals surface area contributed by atoms with Gasteiger partial charge in [0, 0.05) is 23.9 Å². The first-order valence-corrected chi connectivity index (χ1v) is 11.3. The number of carbonyl (C=O) groups is 1. The van der Waals surface area contributed by atoms with Gasteiger partial charge >= 0.3 is 6.18 Å². The molecule has 0 bridgehead atoms. The summed E-state index contributed by atoms with van der Waals surface area (Å²) < 4.78 is 76.2. The molecule has 0 saturated heterocycles. The lowest BCUT2D eigenvalue weighted by Crippen LogP contribution is -2.23. The summed E-state index contributed by atoms with van der Waals surface area (Å²) in [6, 6.07) is 14.0. The van der Waals surface area contributed by atoms with Crippen molar-refractivity contribution in [3.63, 3.8) is 0 Å². The Hall–Kier alpha value is -3.73. The summed E-state index contributed by atoms with van der Waals surface area (Å²) in [4.78, 5) is 12.3. The summed E-state index contributed by atoms with van der Waals surface area (Å²) in [6.45, 7) is 0.170. The molecule has 0 fully saturated rings. The SMILES string of the molecule is COc1cc(CNC(=O)c2ccc(S(=O)(=O)Nc3cccc(C(F)(F)F)c3)cc2)cc(OC)c1. The van der Waals surface area contributed by atoms with Gasteiger partial charge in [0.05, 0.1) is 24.7 Å². The second-order valence-electron chi connectivity index (χ2n) is 7.11. The van der Waals surface area contributed by atoms with Gasteiger partial charge in [0.2, 0.25) is 0 Å². The highest BCUT2D eigenvalue weighted by Gasteiger charge is 2.30. The predicted octanol–water partition coefficient (Wildman–Crippen LogP) is 4.45. The molecule has 0 spiro atoms. The molecule has 7 nitrogen and oxygen atoms in total. The number of carbonyl (C=O) groups excluding carboxylic acids is 1. The van der Waals surface area contributed by atoms with Gasteiger partial charge in [-0.1, -0.05) is 6.07 Å². The fourth-order valence-electron chi connectivity index (χ4n) is 3.01. The van der Waals surface area contributed by atoms with E-state index in [1.807, 2.05) is 0 Å². The zero-order valence-corrected chi connectivity index (χ0v) is 19.0. The van der Waals surface area contributed by atoms with Crippen molar-refractivity contribution in [2.24, 2.45) is 0 Å². The quantitative estimate of drug-likeness (QED) is 0.483. The summed E-state index contributed by atoms with van der Waals surface area (Å²) >= 11 is 0. The van der Waals surface area contributed by atoms with E-state index in [9.17, 15) is 26.4 Å². The maximum atomic E-state index is 12.9. The lowest BCUT2D eigenvalue weighted by Gasteiger charge is -2.12. The summed E-state index contributed by atoms with van der Waals surface area (Å²) in [7, 11) is -1.15. The van der Waals surface area contributed by atoms with Crippen LogP contribution in [0.2, 0.25) is 0 Å². The monoisotopic (exact) mass is 494 g/mol. The Labute approximate surface area is 194 Å². The summed E-state index contributed by atoms with van der Waals surface area (Å²) in [5.41, 5.74) is -0.277. The highest BCUT2D eigenvalue weighted by Crippen LogP contribution is 2.31. The van der Waals surface area contributed by atoms with Crippen LogP contribution in [-0.4, -0.2) is 28.5 Å². The molecule has 3 aromatic rings. The Morgan fingerprint density at radius 2 is 1.53 bits per heavy atom. The van der Waals surface area contributed by atoms with Crippen molar-refractivity contribution in [2.75, 3.05) is 18.9 Å². The second kappa shape index (κ2) is 10.0. The van der Waals surface area contributed by atoms with Crippen LogP contribution >= 0.6 is 0 Å². The highest BCUT2D eigenvalue weighted by atomic mass is 32.2. The van der Waals surface area contributed by atoms with Crippen LogP contribution in [0.15, 0.2) is 71.6 Å². The first kappa shape index (κ1) is 24.9. The standard InChI is InChI=1S/C23H21F3N2O5S/c1-32-19-10-15(11-20(13-19)33-2)14-27-22(29)16-6-8-21(9-7-16)34(30,31)28-18-5-3-4-17(12-18)23(24,25)26/h3-13,28H,14H2,1-2H3,(H,27,29). The van der Waals surface area contributed by atoms with E-state index in [1.165, 1.54) is 44.6 Å². The number of hydrogen-bond acceptors (Lipinski definition) is 5. The zero-order valence-electron chi connectivity index (χ0n) is 18.1. The number of halogens is 3. The molecular formula is C23H21F3N2O5S. The Morgan fingerprint density at radius 1 is 0.912 bits per heavy atom. The maximum absolute atomic E-state index is 12.9. The summed E-state index contributed by atoms with van der Waals surface area (Å²) in [6.07, 6.45) is -4.60. The van der Waals surface area contributed by atoms with E-state index in [4.69, 9.17) is 9.47 Å². The molecule has 180 valence electrons. The normalized spacial score (nSPS) is 11.6. The predicted molar refractivity (Wildman–Crippen MR) is 119 cm³/mol. The number of amides is 1. The van der Waals surface area contributed by atoms with Crippen molar-refractivity contribution in [1.29, 1.82) is 0 Å². The summed E-state index contributed by atoms with van der Waals surface area (Å²) in [5.74, 6) is 0.675. The zero-order chi connectivity index (χ0) is 24.9. The first-order chi connectivity index (χ1) is 16.0. The molecule has 2 N–H and O–H groups in total. The fourth-order valence-corrected chi connectivity index (χ4v) is 4.06. The third-order valence-corrected chi connectivity index (χ3v) is 6.13. The van der Waals surface area contributed by atoms with E-state index in [1.54, 1.807) is 18.2 Å². The average Bonchev–Trinajstić information content (AvgIpc) is 2.81. The Bertz CT molecular complexity index is 1250. The van der Waals surface area contributed by atoms with Gasteiger partial charge in [-0.3, -0.25) is 9.52 Å². The molecule has 0 aliphatic heterocycles. The van der Waals surface area contributed by atoms with Crippen LogP contribution in [0.4, 0.5) is 18.9 Å². The Kier molecular flexibility index (Phi) is 7.35. The summed E-state index contributed by atoms with van der Waals surface area (Å²) in [5, 5.41) is 2.71. The number of benzene rings is 3. The molecule has 0 aliphatic carbocycles. The van der Waals surface area contributed by atoms with Gasteiger partial charge in [0.25, 0.3) is 15.9 Å². The van der Waals surface area contributed by atoms with Crippen molar-refractivity contribution in [3.8, 4) is 11.5 Å². The molecule has 3 aromatic carbocycles. The van der Waals surface area contributed by atoms with Crippen LogP contribution in [0.1, 0.15) is 21.5 Å². The molecule has 0 aliphatic rings. The van der Waals surface area contributed by atoms with Gasteiger partial charge in [-0.15, -0.1) is 0 Å². The van der Waals surface area contributed by atoms with Gasteiger partial charge in [-0.05, 0) is 60.2 Å². The number of ether oxygens (including phenoxy) is 2. The molecule has 3 rings (SSSR count). The van der Waals surface area contributed by atoms with E-state index in [0.29, 0.717) is 17.6 Å². The van der Waals surface area contributed by atoms with Crippen LogP contribution in [-0.2, 0) is 22.7 Å². The topological polar surface area (TPSA) is 93.7 Å². The van der Waals surface area contributed by atoms with E-state index < -0.39 is 27.7 Å². The van der Waals surface area contributed by atoms with E-state index in [2.05, 4.69) is 10.0 Å².